The fourth-order valence-corrected chi connectivity index (χ4v) is 2.67. The molecule has 2 aliphatic rings. The van der Waals surface area contributed by atoms with E-state index in [9.17, 15) is 13.6 Å². The highest BCUT2D eigenvalue weighted by Crippen LogP contribution is 2.42. The summed E-state index contributed by atoms with van der Waals surface area (Å²) in [6, 6.07) is 4.22. The van der Waals surface area contributed by atoms with Crippen molar-refractivity contribution in [2.45, 2.75) is 6.29 Å². The van der Waals surface area contributed by atoms with Gasteiger partial charge in [0.25, 0.3) is 5.91 Å². The summed E-state index contributed by atoms with van der Waals surface area (Å²) in [5.74, 6) is -0.241. The first-order valence-corrected chi connectivity index (χ1v) is 7.26. The Labute approximate surface area is 126 Å². The number of carbonyl (C=O) groups is 1. The number of hydrogen-bond donors (Lipinski definition) is 3. The van der Waals surface area contributed by atoms with E-state index in [0.717, 1.165) is 26.2 Å². The fourth-order valence-electron chi connectivity index (χ4n) is 2.67. The van der Waals surface area contributed by atoms with E-state index in [1.165, 1.54) is 28.0 Å². The number of piperazine rings is 1. The molecule has 2 heterocycles. The van der Waals surface area contributed by atoms with Gasteiger partial charge in [-0.2, -0.15) is 0 Å². The maximum absolute atomic E-state index is 12.9. The van der Waals surface area contributed by atoms with Crippen molar-refractivity contribution >= 4 is 11.6 Å². The van der Waals surface area contributed by atoms with Crippen LogP contribution in [-0.2, 0) is 4.79 Å². The molecule has 0 aromatic heterocycles. The molecule has 0 unspecified atom stereocenters. The highest BCUT2D eigenvalue weighted by Gasteiger charge is 2.43. The number of anilines is 1. The summed E-state index contributed by atoms with van der Waals surface area (Å²) in [5.41, 5.74) is 0.421. The van der Waals surface area contributed by atoms with Gasteiger partial charge in [0.15, 0.2) is 18.0 Å². The molecule has 3 N–H and O–H groups in total. The van der Waals surface area contributed by atoms with Gasteiger partial charge in [0.2, 0.25) is 0 Å². The molecule has 0 bridgehead atoms. The number of rotatable bonds is 3. The number of halogens is 2. The molecule has 0 spiro atoms. The molecule has 0 radical (unpaired) electrons. The van der Waals surface area contributed by atoms with Crippen molar-refractivity contribution in [2.24, 2.45) is 0 Å². The number of ether oxygens (including phenoxy) is 2. The Morgan fingerprint density at radius 3 is 2.64 bits per heavy atom. The van der Waals surface area contributed by atoms with E-state index in [1.54, 1.807) is 0 Å². The summed E-state index contributed by atoms with van der Waals surface area (Å²) in [6.07, 6.45) is -3.64. The Morgan fingerprint density at radius 2 is 1.91 bits per heavy atom. The average molecular weight is 315 g/mol. The standard InChI is InChI=1S/C14H17F2N3O3/c1-18-4-6-19(7-5-18)9-13(20)17-10-2-3-11-12(8-10)22-14(15,16)21-11/h2-3,8H,4-7,9H2,1H3,(H,17,20)/p+2. The number of fused-ring (bicyclic) bond motifs is 1. The van der Waals surface area contributed by atoms with Crippen LogP contribution in [0.15, 0.2) is 18.2 Å². The zero-order valence-corrected chi connectivity index (χ0v) is 12.2. The summed E-state index contributed by atoms with van der Waals surface area (Å²) in [4.78, 5) is 14.7. The van der Waals surface area contributed by atoms with E-state index >= 15 is 0 Å². The van der Waals surface area contributed by atoms with Crippen LogP contribution in [0.5, 0.6) is 11.5 Å². The second-order valence-corrected chi connectivity index (χ2v) is 5.76. The maximum Gasteiger partial charge on any atom is 0.586 e. The molecule has 1 fully saturated rings. The summed E-state index contributed by atoms with van der Waals surface area (Å²) >= 11 is 0. The summed E-state index contributed by atoms with van der Waals surface area (Å²) in [5, 5.41) is 2.71. The van der Waals surface area contributed by atoms with Crippen LogP contribution >= 0.6 is 0 Å². The number of nitrogens with one attached hydrogen (secondary N) is 3. The predicted molar refractivity (Wildman–Crippen MR) is 73.5 cm³/mol. The van der Waals surface area contributed by atoms with Crippen LogP contribution in [0, 0.1) is 0 Å². The minimum absolute atomic E-state index is 0.0318. The lowest BCUT2D eigenvalue weighted by Gasteiger charge is -2.26. The van der Waals surface area contributed by atoms with Crippen LogP contribution in [0.3, 0.4) is 0 Å². The van der Waals surface area contributed by atoms with E-state index in [4.69, 9.17) is 0 Å². The molecule has 6 nitrogen and oxygen atoms in total. The van der Waals surface area contributed by atoms with E-state index in [2.05, 4.69) is 21.8 Å². The first-order valence-electron chi connectivity index (χ1n) is 7.26. The van der Waals surface area contributed by atoms with Crippen LogP contribution in [0.1, 0.15) is 0 Å². The monoisotopic (exact) mass is 315 g/mol. The van der Waals surface area contributed by atoms with Crippen molar-refractivity contribution in [3.8, 4) is 11.5 Å². The topological polar surface area (TPSA) is 56.4 Å². The molecule has 1 amide bonds. The van der Waals surface area contributed by atoms with Crippen molar-refractivity contribution in [3.05, 3.63) is 18.2 Å². The normalized spacial score (nSPS) is 25.8. The lowest BCUT2D eigenvalue weighted by molar-refractivity contribution is -0.999. The minimum Gasteiger partial charge on any atom is -0.395 e. The van der Waals surface area contributed by atoms with Gasteiger partial charge in [0.05, 0.1) is 7.05 Å². The lowest BCUT2D eigenvalue weighted by atomic mass is 10.2. The molecule has 0 aliphatic carbocycles. The zero-order valence-electron chi connectivity index (χ0n) is 12.2. The van der Waals surface area contributed by atoms with Gasteiger partial charge in [-0.3, -0.25) is 4.79 Å². The predicted octanol–water partition coefficient (Wildman–Crippen LogP) is -1.64. The zero-order chi connectivity index (χ0) is 15.7. The van der Waals surface area contributed by atoms with Gasteiger partial charge >= 0.3 is 6.29 Å². The molecule has 22 heavy (non-hydrogen) atoms. The van der Waals surface area contributed by atoms with Gasteiger partial charge in [0, 0.05) is 11.8 Å². The molecule has 3 rings (SSSR count). The van der Waals surface area contributed by atoms with Crippen LogP contribution < -0.4 is 24.6 Å². The Bertz CT molecular complexity index is 574. The van der Waals surface area contributed by atoms with E-state index < -0.39 is 6.29 Å². The quantitative estimate of drug-likeness (QED) is 0.627. The average Bonchev–Trinajstić information content (AvgIpc) is 2.74. The van der Waals surface area contributed by atoms with E-state index in [-0.39, 0.29) is 17.4 Å². The third kappa shape index (κ3) is 3.45. The van der Waals surface area contributed by atoms with Gasteiger partial charge < -0.3 is 24.6 Å². The first kappa shape index (κ1) is 15.0. The highest BCUT2D eigenvalue weighted by atomic mass is 19.3. The third-order valence-electron chi connectivity index (χ3n) is 3.91. The minimum atomic E-state index is -3.64. The lowest BCUT2D eigenvalue weighted by Crippen LogP contribution is -3.27. The van der Waals surface area contributed by atoms with E-state index in [1.807, 2.05) is 0 Å². The molecular weight excluding hydrogens is 296 g/mol. The summed E-state index contributed by atoms with van der Waals surface area (Å²) in [7, 11) is 2.14. The van der Waals surface area contributed by atoms with Crippen molar-refractivity contribution in [1.29, 1.82) is 0 Å². The number of benzene rings is 1. The molecule has 2 aliphatic heterocycles. The molecular formula is C14H19F2N3O3+2. The first-order chi connectivity index (χ1) is 10.4. The molecule has 1 aromatic rings. The van der Waals surface area contributed by atoms with Gasteiger partial charge in [-0.25, -0.2) is 0 Å². The Kier molecular flexibility index (Phi) is 3.88. The largest absolute Gasteiger partial charge is 0.586 e. The SMILES string of the molecule is C[NH+]1CC[NH+](CC(=O)Nc2ccc3c(c2)OC(F)(F)O3)CC1. The molecule has 1 saturated heterocycles. The number of likely N-dealkylation sites (N-methyl/N-ethyl adjacent to an activating group) is 1. The number of hydrogen-bond acceptors (Lipinski definition) is 3. The highest BCUT2D eigenvalue weighted by molar-refractivity contribution is 5.91. The van der Waals surface area contributed by atoms with Gasteiger partial charge in [-0.15, -0.1) is 8.78 Å². The smallest absolute Gasteiger partial charge is 0.395 e. The number of quaternary nitrogens is 2. The maximum atomic E-state index is 12.9. The van der Waals surface area contributed by atoms with Crippen molar-refractivity contribution in [3.63, 3.8) is 0 Å². The number of alkyl halides is 2. The summed E-state index contributed by atoms with van der Waals surface area (Å²) < 4.78 is 34.5. The van der Waals surface area contributed by atoms with Crippen molar-refractivity contribution in [1.82, 2.24) is 0 Å². The van der Waals surface area contributed by atoms with Crippen molar-refractivity contribution in [2.75, 3.05) is 45.1 Å². The Morgan fingerprint density at radius 1 is 1.23 bits per heavy atom. The van der Waals surface area contributed by atoms with E-state index in [0.29, 0.717) is 12.2 Å². The van der Waals surface area contributed by atoms with Crippen LogP contribution in [0.25, 0.3) is 0 Å². The Balaban J connectivity index is 1.56. The molecule has 120 valence electrons. The van der Waals surface area contributed by atoms with Gasteiger partial charge in [-0.05, 0) is 12.1 Å². The number of carbonyl (C=O) groups excluding carboxylic acids is 1. The fraction of sp³-hybridized carbons (Fsp3) is 0.500. The molecule has 8 heteroatoms. The molecule has 1 aromatic carbocycles. The molecule has 0 saturated carbocycles. The van der Waals surface area contributed by atoms with Crippen LogP contribution in [0.2, 0.25) is 0 Å². The second kappa shape index (κ2) is 5.69. The second-order valence-electron chi connectivity index (χ2n) is 5.76. The van der Waals surface area contributed by atoms with Gasteiger partial charge in [0.1, 0.15) is 26.2 Å². The Hall–Kier alpha value is -1.93. The summed E-state index contributed by atoms with van der Waals surface area (Å²) in [6.45, 7) is 4.36. The third-order valence-corrected chi connectivity index (χ3v) is 3.91. The molecule has 0 atom stereocenters. The van der Waals surface area contributed by atoms with Gasteiger partial charge in [-0.1, -0.05) is 0 Å². The van der Waals surface area contributed by atoms with Crippen LogP contribution in [0.4, 0.5) is 14.5 Å². The number of amides is 1. The van der Waals surface area contributed by atoms with Crippen LogP contribution in [-0.4, -0.2) is 52.0 Å². The van der Waals surface area contributed by atoms with Crippen molar-refractivity contribution < 1.29 is 32.8 Å².